The second-order valence-corrected chi connectivity index (χ2v) is 6.82. The summed E-state index contributed by atoms with van der Waals surface area (Å²) in [6, 6.07) is 16.2. The first-order valence-electron chi connectivity index (χ1n) is 9.35. The second kappa shape index (κ2) is 7.94. The predicted molar refractivity (Wildman–Crippen MR) is 106 cm³/mol. The van der Waals surface area contributed by atoms with Crippen LogP contribution in [0.2, 0.25) is 0 Å². The number of allylic oxidation sites excluding steroid dienone is 1. The van der Waals surface area contributed by atoms with Crippen molar-refractivity contribution in [1.29, 1.82) is 0 Å². The Bertz CT molecular complexity index is 864. The van der Waals surface area contributed by atoms with Gasteiger partial charge < -0.3 is 14.7 Å². The number of hydroxylamine groups is 1. The average Bonchev–Trinajstić information content (AvgIpc) is 3.09. The lowest BCUT2D eigenvalue weighted by Crippen LogP contribution is -2.38. The third kappa shape index (κ3) is 3.89. The molecular weight excluding hydrogens is 340 g/mol. The molecule has 0 unspecified atom stereocenters. The molecule has 0 N–H and O–H groups in total. The number of nitrogens with zero attached hydrogens (tertiary/aromatic N) is 2. The molecule has 0 spiro atoms. The van der Waals surface area contributed by atoms with E-state index in [1.54, 1.807) is 0 Å². The van der Waals surface area contributed by atoms with Crippen molar-refractivity contribution in [2.24, 2.45) is 0 Å². The van der Waals surface area contributed by atoms with Crippen LogP contribution in [0.1, 0.15) is 16.7 Å². The molecule has 1 fully saturated rings. The number of benzene rings is 2. The standard InChI is InChI=1S/C22H24N2O3/c1-23(25)22-16-20(17-5-3-2-4-6-17)19-8-7-18(15-21(19)22)27-14-11-24-9-12-26-13-10-24/h2-8,15-16H,9-14H2,1H3/b23-22-. The normalized spacial score (nSPS) is 18.8. The maximum Gasteiger partial charge on any atom is 0.219 e. The zero-order valence-corrected chi connectivity index (χ0v) is 15.6. The molecular formula is C22H24N2O3. The van der Waals surface area contributed by atoms with Crippen molar-refractivity contribution in [3.05, 3.63) is 76.5 Å². The maximum atomic E-state index is 12.1. The fourth-order valence-electron chi connectivity index (χ4n) is 3.59. The molecule has 0 bridgehead atoms. The molecule has 2 aromatic carbocycles. The Labute approximate surface area is 159 Å². The second-order valence-electron chi connectivity index (χ2n) is 6.82. The molecule has 0 amide bonds. The highest BCUT2D eigenvalue weighted by atomic mass is 16.5. The Morgan fingerprint density at radius 3 is 2.59 bits per heavy atom. The van der Waals surface area contributed by atoms with Crippen molar-refractivity contribution in [2.45, 2.75) is 0 Å². The first kappa shape index (κ1) is 17.8. The van der Waals surface area contributed by atoms with Gasteiger partial charge in [0.25, 0.3) is 0 Å². The van der Waals surface area contributed by atoms with Gasteiger partial charge in [-0.05, 0) is 34.9 Å². The highest BCUT2D eigenvalue weighted by molar-refractivity contribution is 6.19. The quantitative estimate of drug-likeness (QED) is 0.465. The smallest absolute Gasteiger partial charge is 0.219 e. The van der Waals surface area contributed by atoms with E-state index in [0.29, 0.717) is 12.3 Å². The van der Waals surface area contributed by atoms with Gasteiger partial charge in [-0.3, -0.25) is 4.90 Å². The number of fused-ring (bicyclic) bond motifs is 1. The van der Waals surface area contributed by atoms with Crippen LogP contribution in [-0.2, 0) is 4.74 Å². The molecule has 0 radical (unpaired) electrons. The molecule has 1 saturated heterocycles. The van der Waals surface area contributed by atoms with Crippen molar-refractivity contribution in [3.63, 3.8) is 0 Å². The molecule has 0 atom stereocenters. The van der Waals surface area contributed by atoms with Gasteiger partial charge in [0.05, 0.1) is 18.8 Å². The number of hydrogen-bond acceptors (Lipinski definition) is 4. The molecule has 1 aliphatic carbocycles. The fourth-order valence-corrected chi connectivity index (χ4v) is 3.59. The lowest BCUT2D eigenvalue weighted by atomic mass is 9.99. The Hall–Kier alpha value is -2.63. The van der Waals surface area contributed by atoms with Gasteiger partial charge in [0.1, 0.15) is 19.4 Å². The van der Waals surface area contributed by atoms with Crippen molar-refractivity contribution in [3.8, 4) is 5.75 Å². The van der Waals surface area contributed by atoms with E-state index < -0.39 is 0 Å². The molecule has 5 heteroatoms. The molecule has 2 aliphatic rings. The Morgan fingerprint density at radius 1 is 1.07 bits per heavy atom. The molecule has 2 aromatic rings. The molecule has 140 valence electrons. The zero-order valence-electron chi connectivity index (χ0n) is 15.6. The highest BCUT2D eigenvalue weighted by Gasteiger charge is 2.26. The molecule has 27 heavy (non-hydrogen) atoms. The first-order chi connectivity index (χ1) is 13.2. The van der Waals surface area contributed by atoms with E-state index in [-0.39, 0.29) is 0 Å². The summed E-state index contributed by atoms with van der Waals surface area (Å²) in [5.41, 5.74) is 4.84. The van der Waals surface area contributed by atoms with Crippen LogP contribution in [0.5, 0.6) is 5.75 Å². The van der Waals surface area contributed by atoms with Crippen molar-refractivity contribution in [1.82, 2.24) is 4.90 Å². The van der Waals surface area contributed by atoms with E-state index in [1.807, 2.05) is 36.4 Å². The fraction of sp³-hybridized carbons (Fsp3) is 0.318. The summed E-state index contributed by atoms with van der Waals surface area (Å²) in [4.78, 5) is 2.34. The lowest BCUT2D eigenvalue weighted by Gasteiger charge is -2.26. The highest BCUT2D eigenvalue weighted by Crippen LogP contribution is 2.35. The summed E-state index contributed by atoms with van der Waals surface area (Å²) in [5.74, 6) is 0.795. The molecule has 5 nitrogen and oxygen atoms in total. The van der Waals surface area contributed by atoms with Gasteiger partial charge in [0, 0.05) is 25.7 Å². The van der Waals surface area contributed by atoms with E-state index in [1.165, 1.54) is 7.05 Å². The summed E-state index contributed by atoms with van der Waals surface area (Å²) >= 11 is 0. The van der Waals surface area contributed by atoms with Gasteiger partial charge in [-0.15, -0.1) is 0 Å². The summed E-state index contributed by atoms with van der Waals surface area (Å²) in [6.07, 6.45) is 1.96. The van der Waals surface area contributed by atoms with Crippen LogP contribution >= 0.6 is 0 Å². The minimum absolute atomic E-state index is 0.625. The summed E-state index contributed by atoms with van der Waals surface area (Å²) in [7, 11) is 1.54. The molecule has 0 saturated carbocycles. The van der Waals surface area contributed by atoms with E-state index in [4.69, 9.17) is 9.47 Å². The van der Waals surface area contributed by atoms with Crippen LogP contribution in [0.4, 0.5) is 0 Å². The lowest BCUT2D eigenvalue weighted by molar-refractivity contribution is -0.421. The predicted octanol–water partition coefficient (Wildman–Crippen LogP) is 2.77. The Morgan fingerprint density at radius 2 is 1.85 bits per heavy atom. The van der Waals surface area contributed by atoms with Crippen molar-refractivity contribution >= 4 is 11.3 Å². The maximum absolute atomic E-state index is 12.1. The minimum atomic E-state index is 0.625. The number of ether oxygens (including phenoxy) is 2. The molecule has 0 aromatic heterocycles. The third-order valence-corrected chi connectivity index (χ3v) is 5.04. The van der Waals surface area contributed by atoms with Gasteiger partial charge in [-0.25, -0.2) is 4.74 Å². The van der Waals surface area contributed by atoms with Gasteiger partial charge >= 0.3 is 0 Å². The number of morpholine rings is 1. The number of hydrogen-bond donors (Lipinski definition) is 0. The minimum Gasteiger partial charge on any atom is -0.624 e. The van der Waals surface area contributed by atoms with Crippen LogP contribution in [0, 0.1) is 5.21 Å². The van der Waals surface area contributed by atoms with Crippen LogP contribution in [0.3, 0.4) is 0 Å². The topological polar surface area (TPSA) is 47.8 Å². The van der Waals surface area contributed by atoms with Crippen LogP contribution in [-0.4, -0.2) is 61.9 Å². The van der Waals surface area contributed by atoms with Crippen molar-refractivity contribution < 1.29 is 14.2 Å². The van der Waals surface area contributed by atoms with Crippen LogP contribution in [0.15, 0.2) is 54.6 Å². The van der Waals surface area contributed by atoms with Gasteiger partial charge in [-0.2, -0.15) is 0 Å². The Kier molecular flexibility index (Phi) is 5.23. The van der Waals surface area contributed by atoms with Crippen molar-refractivity contribution in [2.75, 3.05) is 46.5 Å². The van der Waals surface area contributed by atoms with E-state index in [2.05, 4.69) is 23.1 Å². The molecule has 1 aliphatic heterocycles. The summed E-state index contributed by atoms with van der Waals surface area (Å²) in [6.45, 7) is 5.00. The van der Waals surface area contributed by atoms with E-state index >= 15 is 0 Å². The van der Waals surface area contributed by atoms with E-state index in [9.17, 15) is 5.21 Å². The monoisotopic (exact) mass is 364 g/mol. The molecule has 4 rings (SSSR count). The third-order valence-electron chi connectivity index (χ3n) is 5.04. The first-order valence-corrected chi connectivity index (χ1v) is 9.35. The average molecular weight is 364 g/mol. The van der Waals surface area contributed by atoms with Gasteiger partial charge in [0.2, 0.25) is 5.71 Å². The van der Waals surface area contributed by atoms with E-state index in [0.717, 1.165) is 65.6 Å². The SMILES string of the molecule is C/[N+]([O-])=C1\C=C(c2ccccc2)c2ccc(OCCN3CCOCC3)cc21. The van der Waals surface area contributed by atoms with Gasteiger partial charge in [0.15, 0.2) is 0 Å². The zero-order chi connectivity index (χ0) is 18.6. The summed E-state index contributed by atoms with van der Waals surface area (Å²) in [5, 5.41) is 12.1. The Balaban J connectivity index is 1.53. The van der Waals surface area contributed by atoms with Gasteiger partial charge in [-0.1, -0.05) is 30.3 Å². The summed E-state index contributed by atoms with van der Waals surface area (Å²) < 4.78 is 12.3. The largest absolute Gasteiger partial charge is 0.624 e. The van der Waals surface area contributed by atoms with Crippen LogP contribution in [0.25, 0.3) is 5.57 Å². The molecule has 1 heterocycles. The number of rotatable bonds is 5. The van der Waals surface area contributed by atoms with Crippen LogP contribution < -0.4 is 4.74 Å².